The van der Waals surface area contributed by atoms with Gasteiger partial charge < -0.3 is 47.7 Å². The molecule has 8 rings (SSSR count). The number of ether oxygens (including phenoxy) is 9. The largest absolute Gasteiger partial charge is 0.453 e. The second-order valence-electron chi connectivity index (χ2n) is 15.7. The molecule has 0 aliphatic carbocycles. The van der Waals surface area contributed by atoms with E-state index < -0.39 is 73.2 Å². The Kier molecular flexibility index (Phi) is 16.1. The molecule has 0 spiro atoms. The van der Waals surface area contributed by atoms with Crippen molar-refractivity contribution in [1.29, 1.82) is 0 Å². The molecule has 2 fully saturated rings. The summed E-state index contributed by atoms with van der Waals surface area (Å²) < 4.78 is 57.6. The van der Waals surface area contributed by atoms with Crippen LogP contribution in [0.15, 0.2) is 182 Å². The molecular formula is C53H50O13. The molecule has 13 nitrogen and oxygen atoms in total. The Balaban J connectivity index is 1.19. The third-order valence-electron chi connectivity index (χ3n) is 11.0. The topological polar surface area (TPSA) is 155 Å². The standard InChI is InChI=1S/C53H50O13/c54-49(39-25-13-4-14-26-39)62-43-35-61-52(57)47(64-50(55)40-27-15-5-16-28-40)45(43)66-53-48(65-51(56)41-29-17-6-18-30-41)46(60-33-38-23-11-3-12-24-38)44(59-32-37-21-9-2-10-22-37)42(63-53)34-58-31-36-19-7-1-8-20-36/h1-30,42-48,52-53,57H,31-35H2/t42-,43-,44+,45+,46+,47-,48-,52+,53+/m1/s1. The van der Waals surface area contributed by atoms with Crippen LogP contribution in [0.5, 0.6) is 0 Å². The first-order valence-electron chi connectivity index (χ1n) is 21.7. The third kappa shape index (κ3) is 12.2. The maximum atomic E-state index is 14.2. The number of carbonyl (C=O) groups is 3. The second kappa shape index (κ2) is 23.1. The quantitative estimate of drug-likeness (QED) is 0.0670. The molecule has 0 amide bonds. The molecule has 9 atom stereocenters. The van der Waals surface area contributed by atoms with Gasteiger partial charge in [0, 0.05) is 0 Å². The highest BCUT2D eigenvalue weighted by Gasteiger charge is 2.54. The Hall–Kier alpha value is -6.55. The van der Waals surface area contributed by atoms with Crippen molar-refractivity contribution in [3.63, 3.8) is 0 Å². The summed E-state index contributed by atoms with van der Waals surface area (Å²) >= 11 is 0. The van der Waals surface area contributed by atoms with Crippen LogP contribution in [-0.4, -0.2) is 91.5 Å². The van der Waals surface area contributed by atoms with Gasteiger partial charge in [-0.2, -0.15) is 0 Å². The zero-order chi connectivity index (χ0) is 45.5. The van der Waals surface area contributed by atoms with Crippen LogP contribution in [0.1, 0.15) is 47.8 Å². The van der Waals surface area contributed by atoms with E-state index in [-0.39, 0.29) is 49.7 Å². The SMILES string of the molecule is O=C(O[C@@H]1[C@@H](O[C@@H]2O[C@H](COCc3ccccc3)[C@H](OCc3ccccc3)[C@H](OCc3ccccc3)[C@H]2OC(=O)c2ccccc2)[C@H](OC(=O)c2ccccc2)CO[C@@H]1O)c1ccccc1. The Bertz CT molecular complexity index is 2410. The number of aliphatic hydroxyl groups is 1. The predicted octanol–water partition coefficient (Wildman–Crippen LogP) is 7.51. The fourth-order valence-corrected chi connectivity index (χ4v) is 7.65. The summed E-state index contributed by atoms with van der Waals surface area (Å²) in [7, 11) is 0. The molecule has 66 heavy (non-hydrogen) atoms. The maximum Gasteiger partial charge on any atom is 0.338 e. The van der Waals surface area contributed by atoms with Crippen LogP contribution in [0.4, 0.5) is 0 Å². The van der Waals surface area contributed by atoms with Crippen LogP contribution in [0.25, 0.3) is 0 Å². The minimum absolute atomic E-state index is 0.0476. The van der Waals surface area contributed by atoms with E-state index in [1.54, 1.807) is 91.0 Å². The molecular weight excluding hydrogens is 845 g/mol. The number of esters is 3. The molecule has 0 unspecified atom stereocenters. The average Bonchev–Trinajstić information content (AvgIpc) is 3.37. The van der Waals surface area contributed by atoms with Crippen molar-refractivity contribution in [2.24, 2.45) is 0 Å². The molecule has 340 valence electrons. The van der Waals surface area contributed by atoms with Gasteiger partial charge in [0.15, 0.2) is 30.9 Å². The van der Waals surface area contributed by atoms with Gasteiger partial charge in [0.1, 0.15) is 24.4 Å². The lowest BCUT2D eigenvalue weighted by molar-refractivity contribution is -0.352. The van der Waals surface area contributed by atoms with Gasteiger partial charge >= 0.3 is 17.9 Å². The molecule has 2 aliphatic heterocycles. The molecule has 6 aromatic rings. The number of aliphatic hydroxyl groups excluding tert-OH is 1. The Labute approximate surface area is 382 Å². The van der Waals surface area contributed by atoms with Gasteiger partial charge in [-0.1, -0.05) is 146 Å². The zero-order valence-electron chi connectivity index (χ0n) is 35.9. The molecule has 0 saturated carbocycles. The van der Waals surface area contributed by atoms with Gasteiger partial charge in [-0.25, -0.2) is 14.4 Å². The summed E-state index contributed by atoms with van der Waals surface area (Å²) in [5.74, 6) is -2.27. The number of rotatable bonds is 18. The van der Waals surface area contributed by atoms with Crippen molar-refractivity contribution >= 4 is 17.9 Å². The number of carbonyl (C=O) groups excluding carboxylic acids is 3. The molecule has 0 radical (unpaired) electrons. The Morgan fingerprint density at radius 2 is 0.879 bits per heavy atom. The van der Waals surface area contributed by atoms with Gasteiger partial charge in [0.2, 0.25) is 0 Å². The van der Waals surface area contributed by atoms with Gasteiger partial charge in [-0.3, -0.25) is 0 Å². The van der Waals surface area contributed by atoms with Gasteiger partial charge in [-0.05, 0) is 53.1 Å². The van der Waals surface area contributed by atoms with Crippen LogP contribution in [0.2, 0.25) is 0 Å². The highest BCUT2D eigenvalue weighted by Crippen LogP contribution is 2.35. The molecule has 0 aromatic heterocycles. The Morgan fingerprint density at radius 3 is 1.36 bits per heavy atom. The summed E-state index contributed by atoms with van der Waals surface area (Å²) in [6.45, 7) is -0.00750. The molecule has 2 aliphatic rings. The summed E-state index contributed by atoms with van der Waals surface area (Å²) in [6, 6.07) is 53.5. The van der Waals surface area contributed by atoms with Gasteiger partial charge in [0.25, 0.3) is 0 Å². The molecule has 6 aromatic carbocycles. The highest BCUT2D eigenvalue weighted by molar-refractivity contribution is 5.90. The molecule has 2 heterocycles. The molecule has 1 N–H and O–H groups in total. The maximum absolute atomic E-state index is 14.2. The third-order valence-corrected chi connectivity index (χ3v) is 11.0. The van der Waals surface area contributed by atoms with Gasteiger partial charge in [-0.15, -0.1) is 0 Å². The fourth-order valence-electron chi connectivity index (χ4n) is 7.65. The molecule has 2 saturated heterocycles. The highest BCUT2D eigenvalue weighted by atomic mass is 16.8. The Morgan fingerprint density at radius 1 is 0.470 bits per heavy atom. The lowest BCUT2D eigenvalue weighted by Crippen LogP contribution is -2.65. The number of benzene rings is 6. The van der Waals surface area contributed by atoms with E-state index in [0.29, 0.717) is 0 Å². The predicted molar refractivity (Wildman–Crippen MR) is 239 cm³/mol. The lowest BCUT2D eigenvalue weighted by Gasteiger charge is -2.48. The minimum Gasteiger partial charge on any atom is -0.453 e. The van der Waals surface area contributed by atoms with Crippen molar-refractivity contribution in [2.75, 3.05) is 13.2 Å². The first-order chi connectivity index (χ1) is 32.4. The van der Waals surface area contributed by atoms with Crippen LogP contribution >= 0.6 is 0 Å². The molecule has 0 bridgehead atoms. The first-order valence-corrected chi connectivity index (χ1v) is 21.7. The molecule has 13 heteroatoms. The summed E-state index contributed by atoms with van der Waals surface area (Å²) in [4.78, 5) is 41.6. The van der Waals surface area contributed by atoms with E-state index in [1.165, 1.54) is 0 Å². The normalized spacial score (nSPS) is 23.9. The van der Waals surface area contributed by atoms with Crippen LogP contribution < -0.4 is 0 Å². The van der Waals surface area contributed by atoms with E-state index >= 15 is 0 Å². The smallest absolute Gasteiger partial charge is 0.338 e. The fraction of sp³-hybridized carbons (Fsp3) is 0.264. The van der Waals surface area contributed by atoms with Crippen molar-refractivity contribution in [3.8, 4) is 0 Å². The average molecular weight is 895 g/mol. The van der Waals surface area contributed by atoms with Gasteiger partial charge in [0.05, 0.1) is 49.7 Å². The van der Waals surface area contributed by atoms with E-state index in [0.717, 1.165) is 16.7 Å². The minimum atomic E-state index is -1.75. The van der Waals surface area contributed by atoms with E-state index in [1.807, 2.05) is 91.0 Å². The summed E-state index contributed by atoms with van der Waals surface area (Å²) in [5.41, 5.74) is 3.24. The first kappa shape index (κ1) is 46.0. The number of hydrogen-bond acceptors (Lipinski definition) is 13. The lowest BCUT2D eigenvalue weighted by atomic mass is 9.97. The van der Waals surface area contributed by atoms with Crippen LogP contribution in [-0.2, 0) is 62.5 Å². The van der Waals surface area contributed by atoms with Crippen molar-refractivity contribution in [2.45, 2.75) is 75.1 Å². The van der Waals surface area contributed by atoms with Crippen LogP contribution in [0.3, 0.4) is 0 Å². The van der Waals surface area contributed by atoms with Crippen molar-refractivity contribution < 1.29 is 62.1 Å². The summed E-state index contributed by atoms with van der Waals surface area (Å²) in [6.07, 6.45) is -12.1. The van der Waals surface area contributed by atoms with E-state index in [9.17, 15) is 19.5 Å². The monoisotopic (exact) mass is 894 g/mol. The van der Waals surface area contributed by atoms with E-state index in [2.05, 4.69) is 0 Å². The second-order valence-corrected chi connectivity index (χ2v) is 15.7. The van der Waals surface area contributed by atoms with Crippen molar-refractivity contribution in [1.82, 2.24) is 0 Å². The van der Waals surface area contributed by atoms with Crippen molar-refractivity contribution in [3.05, 3.63) is 215 Å². The summed E-state index contributed by atoms with van der Waals surface area (Å²) in [5, 5.41) is 11.4. The van der Waals surface area contributed by atoms with Crippen LogP contribution in [0, 0.1) is 0 Å². The van der Waals surface area contributed by atoms with E-state index in [4.69, 9.17) is 42.6 Å². The number of hydrogen-bond donors (Lipinski definition) is 1. The zero-order valence-corrected chi connectivity index (χ0v) is 35.9.